The maximum atomic E-state index is 5.96. The van der Waals surface area contributed by atoms with Gasteiger partial charge in [-0.25, -0.2) is 0 Å². The summed E-state index contributed by atoms with van der Waals surface area (Å²) in [7, 11) is 0. The molecule has 0 radical (unpaired) electrons. The summed E-state index contributed by atoms with van der Waals surface area (Å²) in [5, 5.41) is 3.14. The van der Waals surface area contributed by atoms with Crippen LogP contribution in [0.5, 0.6) is 0 Å². The molecule has 0 heterocycles. The molecular weight excluding hydrogens is 256 g/mol. The Morgan fingerprint density at radius 3 is 2.16 bits per heavy atom. The maximum Gasteiger partial charge on any atom is 0.0484 e. The van der Waals surface area contributed by atoms with Gasteiger partial charge in [0.05, 0.1) is 0 Å². The number of benzene rings is 2. The molecular formula is C16H23ClN2. The van der Waals surface area contributed by atoms with Gasteiger partial charge in [-0.2, -0.15) is 0 Å². The van der Waals surface area contributed by atoms with Crippen LogP contribution < -0.4 is 5.73 Å². The van der Waals surface area contributed by atoms with Gasteiger partial charge in [0.15, 0.2) is 0 Å². The van der Waals surface area contributed by atoms with Gasteiger partial charge < -0.3 is 10.6 Å². The largest absolute Gasteiger partial charge is 0.329 e. The minimum absolute atomic E-state index is 0.779. The van der Waals surface area contributed by atoms with Crippen LogP contribution in [0.1, 0.15) is 13.8 Å². The molecule has 0 saturated carbocycles. The molecule has 0 aliphatic heterocycles. The quantitative estimate of drug-likeness (QED) is 0.922. The van der Waals surface area contributed by atoms with E-state index in [-0.39, 0.29) is 0 Å². The van der Waals surface area contributed by atoms with E-state index in [9.17, 15) is 0 Å². The van der Waals surface area contributed by atoms with Gasteiger partial charge in [0.1, 0.15) is 0 Å². The molecule has 2 aromatic carbocycles. The van der Waals surface area contributed by atoms with E-state index >= 15 is 0 Å². The summed E-state index contributed by atoms with van der Waals surface area (Å²) in [6, 6.07) is 14.0. The highest BCUT2D eigenvalue weighted by Crippen LogP contribution is 2.21. The van der Waals surface area contributed by atoms with Crippen LogP contribution in [-0.4, -0.2) is 31.1 Å². The van der Waals surface area contributed by atoms with Gasteiger partial charge in [0, 0.05) is 23.5 Å². The third kappa shape index (κ3) is 5.19. The molecule has 0 atom stereocenters. The van der Waals surface area contributed by atoms with Gasteiger partial charge in [-0.15, -0.1) is 0 Å². The normalized spacial score (nSPS) is 10.4. The van der Waals surface area contributed by atoms with Gasteiger partial charge in [-0.05, 0) is 24.5 Å². The summed E-state index contributed by atoms with van der Waals surface area (Å²) in [5.74, 6) is 0. The van der Waals surface area contributed by atoms with E-state index in [1.807, 2.05) is 30.3 Å². The first-order valence-corrected chi connectivity index (χ1v) is 7.16. The van der Waals surface area contributed by atoms with Crippen molar-refractivity contribution in [2.75, 3.05) is 26.2 Å². The van der Waals surface area contributed by atoms with Crippen LogP contribution in [0.25, 0.3) is 10.8 Å². The smallest absolute Gasteiger partial charge is 0.0484 e. The molecule has 0 aliphatic carbocycles. The molecule has 104 valence electrons. The lowest BCUT2D eigenvalue weighted by atomic mass is 10.1. The van der Waals surface area contributed by atoms with Crippen molar-refractivity contribution in [1.29, 1.82) is 0 Å². The molecule has 3 heteroatoms. The number of rotatable bonds is 4. The van der Waals surface area contributed by atoms with E-state index in [4.69, 9.17) is 17.3 Å². The fourth-order valence-corrected chi connectivity index (χ4v) is 2.15. The van der Waals surface area contributed by atoms with E-state index in [0.717, 1.165) is 36.6 Å². The highest BCUT2D eigenvalue weighted by atomic mass is 35.5. The van der Waals surface area contributed by atoms with E-state index in [0.29, 0.717) is 0 Å². The maximum absolute atomic E-state index is 5.96. The Kier molecular flexibility index (Phi) is 7.49. The number of hydrogen-bond acceptors (Lipinski definition) is 2. The minimum atomic E-state index is 0.779. The minimum Gasteiger partial charge on any atom is -0.329 e. The van der Waals surface area contributed by atoms with Crippen LogP contribution in [0, 0.1) is 0 Å². The monoisotopic (exact) mass is 278 g/mol. The Balaban J connectivity index is 0.000000203. The van der Waals surface area contributed by atoms with Gasteiger partial charge in [-0.1, -0.05) is 61.8 Å². The average molecular weight is 279 g/mol. The summed E-state index contributed by atoms with van der Waals surface area (Å²) >= 11 is 5.96. The zero-order valence-electron chi connectivity index (χ0n) is 11.8. The van der Waals surface area contributed by atoms with Crippen molar-refractivity contribution in [3.05, 3.63) is 47.5 Å². The lowest BCUT2D eigenvalue weighted by molar-refractivity contribution is 0.312. The molecule has 19 heavy (non-hydrogen) atoms. The van der Waals surface area contributed by atoms with Gasteiger partial charge >= 0.3 is 0 Å². The topological polar surface area (TPSA) is 29.3 Å². The second-order valence-corrected chi connectivity index (χ2v) is 4.68. The molecule has 0 aliphatic rings. The lowest BCUT2D eigenvalue weighted by Gasteiger charge is -2.15. The number of halogens is 1. The van der Waals surface area contributed by atoms with E-state index in [1.54, 1.807) is 0 Å². The first kappa shape index (κ1) is 16.0. The van der Waals surface area contributed by atoms with Crippen molar-refractivity contribution in [3.63, 3.8) is 0 Å². The SMILES string of the molecule is CCN(CC)CCN.Clc1cccc2ccccc12. The number of likely N-dealkylation sites (N-methyl/N-ethyl adjacent to an activating group) is 1. The Bertz CT molecular complexity index is 476. The number of fused-ring (bicyclic) bond motifs is 1. The van der Waals surface area contributed by atoms with Crippen molar-refractivity contribution in [1.82, 2.24) is 4.90 Å². The van der Waals surface area contributed by atoms with Crippen LogP contribution in [-0.2, 0) is 0 Å². The van der Waals surface area contributed by atoms with Crippen molar-refractivity contribution in [2.24, 2.45) is 5.73 Å². The first-order chi connectivity index (χ1) is 9.22. The van der Waals surface area contributed by atoms with Crippen LogP contribution in [0.3, 0.4) is 0 Å². The Morgan fingerprint density at radius 2 is 1.63 bits per heavy atom. The molecule has 0 amide bonds. The molecule has 2 rings (SSSR count). The molecule has 0 saturated heterocycles. The van der Waals surface area contributed by atoms with Crippen LogP contribution in [0.15, 0.2) is 42.5 Å². The second kappa shape index (κ2) is 8.92. The van der Waals surface area contributed by atoms with Crippen LogP contribution in [0.4, 0.5) is 0 Å². The lowest BCUT2D eigenvalue weighted by Crippen LogP contribution is -2.28. The fourth-order valence-electron chi connectivity index (χ4n) is 1.91. The number of nitrogens with zero attached hydrogens (tertiary/aromatic N) is 1. The Morgan fingerprint density at radius 1 is 1.00 bits per heavy atom. The highest BCUT2D eigenvalue weighted by molar-refractivity contribution is 6.35. The third-order valence-corrected chi connectivity index (χ3v) is 3.41. The van der Waals surface area contributed by atoms with Crippen LogP contribution >= 0.6 is 11.6 Å². The highest BCUT2D eigenvalue weighted by Gasteiger charge is 1.94. The molecule has 2 nitrogen and oxygen atoms in total. The molecule has 2 aromatic rings. The summed E-state index contributed by atoms with van der Waals surface area (Å²) in [5.41, 5.74) is 5.34. The van der Waals surface area contributed by atoms with Crippen molar-refractivity contribution < 1.29 is 0 Å². The van der Waals surface area contributed by atoms with E-state index in [2.05, 4.69) is 30.9 Å². The number of nitrogens with two attached hydrogens (primary N) is 1. The van der Waals surface area contributed by atoms with Gasteiger partial charge in [0.2, 0.25) is 0 Å². The average Bonchev–Trinajstić information content (AvgIpc) is 2.46. The van der Waals surface area contributed by atoms with Gasteiger partial charge in [0.25, 0.3) is 0 Å². The summed E-state index contributed by atoms with van der Waals surface area (Å²) in [6.07, 6.45) is 0. The Hall–Kier alpha value is -1.09. The zero-order chi connectivity index (χ0) is 14.1. The Labute approximate surface area is 121 Å². The molecule has 0 bridgehead atoms. The van der Waals surface area contributed by atoms with Crippen molar-refractivity contribution in [2.45, 2.75) is 13.8 Å². The summed E-state index contributed by atoms with van der Waals surface area (Å²) < 4.78 is 0. The first-order valence-electron chi connectivity index (χ1n) is 6.78. The molecule has 0 fully saturated rings. The standard InChI is InChI=1S/C10H7Cl.C6H16N2/c11-10-7-3-5-8-4-1-2-6-9(8)10;1-3-8(4-2)6-5-7/h1-7H;3-7H2,1-2H3. The summed E-state index contributed by atoms with van der Waals surface area (Å²) in [4.78, 5) is 2.31. The van der Waals surface area contributed by atoms with E-state index in [1.165, 1.54) is 5.39 Å². The second-order valence-electron chi connectivity index (χ2n) is 4.28. The molecule has 2 N–H and O–H groups in total. The van der Waals surface area contributed by atoms with Crippen molar-refractivity contribution >= 4 is 22.4 Å². The predicted molar refractivity (Wildman–Crippen MR) is 85.8 cm³/mol. The molecule has 0 unspecified atom stereocenters. The predicted octanol–water partition coefficient (Wildman–Crippen LogP) is 3.78. The molecule has 0 aromatic heterocycles. The van der Waals surface area contributed by atoms with Crippen LogP contribution in [0.2, 0.25) is 5.02 Å². The van der Waals surface area contributed by atoms with Gasteiger partial charge in [-0.3, -0.25) is 0 Å². The third-order valence-electron chi connectivity index (χ3n) is 3.08. The zero-order valence-corrected chi connectivity index (χ0v) is 12.5. The summed E-state index contributed by atoms with van der Waals surface area (Å²) in [6.45, 7) is 8.36. The van der Waals surface area contributed by atoms with E-state index < -0.39 is 0 Å². The number of hydrogen-bond donors (Lipinski definition) is 1. The fraction of sp³-hybridized carbons (Fsp3) is 0.375. The molecule has 0 spiro atoms. The van der Waals surface area contributed by atoms with Crippen molar-refractivity contribution in [3.8, 4) is 0 Å².